The van der Waals surface area contributed by atoms with Crippen LogP contribution >= 0.6 is 0 Å². The fourth-order valence-corrected chi connectivity index (χ4v) is 2.28. The van der Waals surface area contributed by atoms with Gasteiger partial charge in [-0.1, -0.05) is 23.8 Å². The first kappa shape index (κ1) is 15.1. The Bertz CT molecular complexity index is 649. The number of hydrogen-bond donors (Lipinski definition) is 0. The van der Waals surface area contributed by atoms with Crippen LogP contribution in [0.2, 0.25) is 0 Å². The molecule has 0 aliphatic rings. The minimum Gasteiger partial charge on any atom is -0.497 e. The van der Waals surface area contributed by atoms with Crippen molar-refractivity contribution in [2.24, 2.45) is 0 Å². The lowest BCUT2D eigenvalue weighted by atomic mass is 10.0. The molecule has 21 heavy (non-hydrogen) atoms. The van der Waals surface area contributed by atoms with Gasteiger partial charge in [-0.3, -0.25) is 4.79 Å². The summed E-state index contributed by atoms with van der Waals surface area (Å²) in [6.07, 6.45) is 0. The maximum atomic E-state index is 12.5. The molecule has 0 aliphatic carbocycles. The van der Waals surface area contributed by atoms with E-state index in [-0.39, 0.29) is 5.78 Å². The number of rotatable bonds is 5. The van der Waals surface area contributed by atoms with E-state index in [0.29, 0.717) is 6.54 Å². The standard InChI is InChI=1S/C18H21NO2/c1-13-8-9-14(2)17(10-13)18(20)12-19(3)15-6-5-7-16(11-15)21-4/h5-11H,12H2,1-4H3. The predicted molar refractivity (Wildman–Crippen MR) is 86.5 cm³/mol. The monoisotopic (exact) mass is 283 g/mol. The van der Waals surface area contributed by atoms with Gasteiger partial charge in [0, 0.05) is 24.4 Å². The third-order valence-electron chi connectivity index (χ3n) is 3.57. The quantitative estimate of drug-likeness (QED) is 0.785. The van der Waals surface area contributed by atoms with Crippen molar-refractivity contribution < 1.29 is 9.53 Å². The van der Waals surface area contributed by atoms with Crippen molar-refractivity contribution in [3.05, 3.63) is 59.2 Å². The molecule has 2 aromatic carbocycles. The van der Waals surface area contributed by atoms with Gasteiger partial charge in [-0.25, -0.2) is 0 Å². The smallest absolute Gasteiger partial charge is 0.182 e. The van der Waals surface area contributed by atoms with Crippen LogP contribution in [-0.2, 0) is 0 Å². The number of benzene rings is 2. The Balaban J connectivity index is 2.16. The second kappa shape index (κ2) is 6.44. The topological polar surface area (TPSA) is 29.5 Å². The Kier molecular flexibility index (Phi) is 4.63. The maximum Gasteiger partial charge on any atom is 0.182 e. The average Bonchev–Trinajstić information content (AvgIpc) is 2.49. The molecule has 0 aliphatic heterocycles. The van der Waals surface area contributed by atoms with Crippen LogP contribution in [0.25, 0.3) is 0 Å². The van der Waals surface area contributed by atoms with Crippen LogP contribution in [0.15, 0.2) is 42.5 Å². The molecule has 0 aromatic heterocycles. The molecule has 0 saturated carbocycles. The van der Waals surface area contributed by atoms with Gasteiger partial charge < -0.3 is 9.64 Å². The van der Waals surface area contributed by atoms with E-state index in [9.17, 15) is 4.79 Å². The lowest BCUT2D eigenvalue weighted by Gasteiger charge is -2.19. The third-order valence-corrected chi connectivity index (χ3v) is 3.57. The number of anilines is 1. The Morgan fingerprint density at radius 3 is 2.62 bits per heavy atom. The highest BCUT2D eigenvalue weighted by Crippen LogP contribution is 2.20. The number of likely N-dealkylation sites (N-methyl/N-ethyl adjacent to an activating group) is 1. The molecule has 0 radical (unpaired) electrons. The Morgan fingerprint density at radius 1 is 1.14 bits per heavy atom. The van der Waals surface area contributed by atoms with Gasteiger partial charge in [-0.2, -0.15) is 0 Å². The highest BCUT2D eigenvalue weighted by Gasteiger charge is 2.13. The van der Waals surface area contributed by atoms with Gasteiger partial charge in [0.05, 0.1) is 13.7 Å². The molecule has 3 nitrogen and oxygen atoms in total. The van der Waals surface area contributed by atoms with Gasteiger partial charge in [-0.05, 0) is 37.6 Å². The fourth-order valence-electron chi connectivity index (χ4n) is 2.28. The van der Waals surface area contributed by atoms with Crippen LogP contribution in [0.4, 0.5) is 5.69 Å². The molecule has 0 heterocycles. The molecule has 2 aromatic rings. The summed E-state index contributed by atoms with van der Waals surface area (Å²) in [6, 6.07) is 13.7. The predicted octanol–water partition coefficient (Wildman–Crippen LogP) is 3.63. The van der Waals surface area contributed by atoms with Crippen molar-refractivity contribution >= 4 is 11.5 Å². The molecule has 0 amide bonds. The SMILES string of the molecule is COc1cccc(N(C)CC(=O)c2cc(C)ccc2C)c1. The molecule has 0 spiro atoms. The van der Waals surface area contributed by atoms with Crippen molar-refractivity contribution in [1.29, 1.82) is 0 Å². The van der Waals surface area contributed by atoms with Gasteiger partial charge in [0.1, 0.15) is 5.75 Å². The van der Waals surface area contributed by atoms with Gasteiger partial charge >= 0.3 is 0 Å². The number of hydrogen-bond acceptors (Lipinski definition) is 3. The zero-order chi connectivity index (χ0) is 15.4. The first-order valence-corrected chi connectivity index (χ1v) is 6.97. The van der Waals surface area contributed by atoms with Gasteiger partial charge in [-0.15, -0.1) is 0 Å². The third kappa shape index (κ3) is 3.63. The van der Waals surface area contributed by atoms with E-state index in [1.54, 1.807) is 7.11 Å². The minimum atomic E-state index is 0.126. The van der Waals surface area contributed by atoms with E-state index in [1.807, 2.05) is 68.3 Å². The van der Waals surface area contributed by atoms with E-state index in [4.69, 9.17) is 4.74 Å². The molecule has 0 bridgehead atoms. The Labute approximate surface area is 126 Å². The maximum absolute atomic E-state index is 12.5. The molecule has 2 rings (SSSR count). The van der Waals surface area contributed by atoms with Crippen molar-refractivity contribution in [1.82, 2.24) is 0 Å². The van der Waals surface area contributed by atoms with Gasteiger partial charge in [0.15, 0.2) is 5.78 Å². The van der Waals surface area contributed by atoms with Crippen LogP contribution in [-0.4, -0.2) is 26.5 Å². The van der Waals surface area contributed by atoms with Crippen molar-refractivity contribution in [3.63, 3.8) is 0 Å². The van der Waals surface area contributed by atoms with E-state index in [0.717, 1.165) is 28.1 Å². The zero-order valence-electron chi connectivity index (χ0n) is 13.0. The number of methoxy groups -OCH3 is 1. The number of ether oxygens (including phenoxy) is 1. The number of Topliss-reactive ketones (excluding diaryl/α,β-unsaturated/α-hetero) is 1. The average molecular weight is 283 g/mol. The summed E-state index contributed by atoms with van der Waals surface area (Å²) in [4.78, 5) is 14.4. The summed E-state index contributed by atoms with van der Waals surface area (Å²) in [7, 11) is 3.55. The molecule has 3 heteroatoms. The second-order valence-corrected chi connectivity index (χ2v) is 5.30. The second-order valence-electron chi connectivity index (χ2n) is 5.30. The molecule has 0 N–H and O–H groups in total. The van der Waals surface area contributed by atoms with Gasteiger partial charge in [0.25, 0.3) is 0 Å². The summed E-state index contributed by atoms with van der Waals surface area (Å²) < 4.78 is 5.22. The number of carbonyl (C=O) groups is 1. The van der Waals surface area contributed by atoms with Crippen molar-refractivity contribution in [3.8, 4) is 5.75 Å². The highest BCUT2D eigenvalue weighted by molar-refractivity contribution is 6.00. The van der Waals surface area contributed by atoms with E-state index >= 15 is 0 Å². The summed E-state index contributed by atoms with van der Waals surface area (Å²) in [6.45, 7) is 4.32. The summed E-state index contributed by atoms with van der Waals surface area (Å²) in [5, 5.41) is 0. The molecule has 0 unspecified atom stereocenters. The van der Waals surface area contributed by atoms with Crippen molar-refractivity contribution in [2.45, 2.75) is 13.8 Å². The molecule has 110 valence electrons. The zero-order valence-corrected chi connectivity index (χ0v) is 13.0. The van der Waals surface area contributed by atoms with E-state index in [1.165, 1.54) is 0 Å². The molecular weight excluding hydrogens is 262 g/mol. The number of ketones is 1. The Hall–Kier alpha value is -2.29. The summed E-state index contributed by atoms with van der Waals surface area (Å²) in [5.74, 6) is 0.917. The number of nitrogens with zero attached hydrogens (tertiary/aromatic N) is 1. The van der Waals surface area contributed by atoms with Gasteiger partial charge in [0.2, 0.25) is 0 Å². The molecule has 0 fully saturated rings. The summed E-state index contributed by atoms with van der Waals surface area (Å²) >= 11 is 0. The van der Waals surface area contributed by atoms with Crippen LogP contribution in [0, 0.1) is 13.8 Å². The van der Waals surface area contributed by atoms with E-state index < -0.39 is 0 Å². The normalized spacial score (nSPS) is 10.3. The first-order valence-electron chi connectivity index (χ1n) is 6.97. The molecule has 0 saturated heterocycles. The lowest BCUT2D eigenvalue weighted by molar-refractivity contribution is 0.0999. The van der Waals surface area contributed by atoms with Crippen LogP contribution in [0.3, 0.4) is 0 Å². The van der Waals surface area contributed by atoms with E-state index in [2.05, 4.69) is 0 Å². The van der Waals surface area contributed by atoms with Crippen molar-refractivity contribution in [2.75, 3.05) is 25.6 Å². The number of aryl methyl sites for hydroxylation is 2. The molecular formula is C18H21NO2. The minimum absolute atomic E-state index is 0.126. The fraction of sp³-hybridized carbons (Fsp3) is 0.278. The van der Waals surface area contributed by atoms with Crippen LogP contribution < -0.4 is 9.64 Å². The molecule has 0 atom stereocenters. The van der Waals surface area contributed by atoms with Crippen LogP contribution in [0.5, 0.6) is 5.75 Å². The number of carbonyl (C=O) groups excluding carboxylic acids is 1. The summed E-state index contributed by atoms with van der Waals surface area (Å²) in [5.41, 5.74) is 3.88. The Morgan fingerprint density at radius 2 is 1.90 bits per heavy atom. The largest absolute Gasteiger partial charge is 0.497 e. The van der Waals surface area contributed by atoms with Crippen LogP contribution in [0.1, 0.15) is 21.5 Å². The first-order chi connectivity index (χ1) is 10.0. The highest BCUT2D eigenvalue weighted by atomic mass is 16.5. The lowest BCUT2D eigenvalue weighted by Crippen LogP contribution is -2.26.